The average molecular weight is 371 g/mol. The van der Waals surface area contributed by atoms with Gasteiger partial charge in [-0.15, -0.1) is 0 Å². The molecule has 1 amide bonds. The minimum absolute atomic E-state index is 0.0629. The first-order valence-corrected chi connectivity index (χ1v) is 9.78. The molecule has 142 valence electrons. The number of nitrogens with one attached hydrogen (secondary N) is 1. The fourth-order valence-electron chi connectivity index (χ4n) is 3.64. The van der Waals surface area contributed by atoms with Gasteiger partial charge in [0.1, 0.15) is 0 Å². The van der Waals surface area contributed by atoms with Crippen molar-refractivity contribution in [3.63, 3.8) is 0 Å². The zero-order chi connectivity index (χ0) is 19.5. The number of rotatable bonds is 6. The molecule has 1 aromatic heterocycles. The molecule has 1 aliphatic carbocycles. The summed E-state index contributed by atoms with van der Waals surface area (Å²) in [6, 6.07) is 20.4. The Balaban J connectivity index is 1.51. The Labute approximate surface area is 165 Å². The second kappa shape index (κ2) is 7.85. The van der Waals surface area contributed by atoms with Crippen LogP contribution in [0.5, 0.6) is 0 Å². The molecule has 1 heterocycles. The highest BCUT2D eigenvalue weighted by Crippen LogP contribution is 2.40. The number of amides is 1. The van der Waals surface area contributed by atoms with Gasteiger partial charge in [-0.3, -0.25) is 4.79 Å². The van der Waals surface area contributed by atoms with Gasteiger partial charge in [-0.25, -0.2) is 4.68 Å². The Bertz CT molecular complexity index is 985. The van der Waals surface area contributed by atoms with Crippen LogP contribution in [0.3, 0.4) is 0 Å². The topological polar surface area (TPSA) is 46.9 Å². The van der Waals surface area contributed by atoms with E-state index in [1.54, 1.807) is 6.08 Å². The van der Waals surface area contributed by atoms with E-state index in [4.69, 9.17) is 0 Å². The summed E-state index contributed by atoms with van der Waals surface area (Å²) in [5.41, 5.74) is 5.12. The minimum atomic E-state index is -0.0629. The standard InChI is InChI=1S/C24H25N3O/c1-17-22(18(2)27(26-17)21-11-7-4-8-12-21)15-16-23(28)25-24(20-13-14-20)19-9-5-3-6-10-19/h3-12,15-16,20,24H,13-14H2,1-2H3,(H,25,28)/b16-15-/t24-/m1/s1. The van der Waals surface area contributed by atoms with E-state index in [0.29, 0.717) is 5.92 Å². The van der Waals surface area contributed by atoms with Crippen LogP contribution >= 0.6 is 0 Å². The SMILES string of the molecule is Cc1nn(-c2ccccc2)c(C)c1/C=C\C(=O)N[C@H](c1ccccc1)C1CC1. The van der Waals surface area contributed by atoms with E-state index in [0.717, 1.165) is 22.6 Å². The summed E-state index contributed by atoms with van der Waals surface area (Å²) >= 11 is 0. The number of aromatic nitrogens is 2. The van der Waals surface area contributed by atoms with Gasteiger partial charge in [-0.1, -0.05) is 48.5 Å². The molecular formula is C24H25N3O. The molecule has 1 N–H and O–H groups in total. The van der Waals surface area contributed by atoms with Gasteiger partial charge in [0.2, 0.25) is 5.91 Å². The van der Waals surface area contributed by atoms with Gasteiger partial charge >= 0.3 is 0 Å². The van der Waals surface area contributed by atoms with Crippen molar-refractivity contribution in [2.24, 2.45) is 5.92 Å². The zero-order valence-electron chi connectivity index (χ0n) is 16.3. The molecule has 0 bridgehead atoms. The van der Waals surface area contributed by atoms with Gasteiger partial charge < -0.3 is 5.32 Å². The van der Waals surface area contributed by atoms with Gasteiger partial charge in [0.15, 0.2) is 0 Å². The maximum absolute atomic E-state index is 12.6. The van der Waals surface area contributed by atoms with Gasteiger partial charge in [0, 0.05) is 17.3 Å². The van der Waals surface area contributed by atoms with Crippen LogP contribution in [0.2, 0.25) is 0 Å². The molecule has 0 radical (unpaired) electrons. The van der Waals surface area contributed by atoms with Crippen LogP contribution in [0, 0.1) is 19.8 Å². The van der Waals surface area contributed by atoms with Crippen molar-refractivity contribution in [2.75, 3.05) is 0 Å². The fourth-order valence-corrected chi connectivity index (χ4v) is 3.64. The summed E-state index contributed by atoms with van der Waals surface area (Å²) in [5.74, 6) is 0.482. The molecular weight excluding hydrogens is 346 g/mol. The second-order valence-corrected chi connectivity index (χ2v) is 7.40. The number of nitrogens with zero attached hydrogens (tertiary/aromatic N) is 2. The van der Waals surface area contributed by atoms with Crippen molar-refractivity contribution in [1.82, 2.24) is 15.1 Å². The Hall–Kier alpha value is -3.14. The minimum Gasteiger partial charge on any atom is -0.345 e. The summed E-state index contributed by atoms with van der Waals surface area (Å²) in [6.45, 7) is 4.00. The highest BCUT2D eigenvalue weighted by Gasteiger charge is 2.32. The molecule has 1 atom stereocenters. The fraction of sp³-hybridized carbons (Fsp3) is 0.250. The first kappa shape index (κ1) is 18.2. The van der Waals surface area contributed by atoms with Gasteiger partial charge in [-0.2, -0.15) is 5.10 Å². The lowest BCUT2D eigenvalue weighted by Crippen LogP contribution is -2.28. The largest absolute Gasteiger partial charge is 0.345 e. The maximum Gasteiger partial charge on any atom is 0.244 e. The third-order valence-corrected chi connectivity index (χ3v) is 5.30. The Morgan fingerprint density at radius 3 is 2.36 bits per heavy atom. The molecule has 4 rings (SSSR count). The van der Waals surface area contributed by atoms with Crippen molar-refractivity contribution in [3.8, 4) is 5.69 Å². The number of carbonyl (C=O) groups excluding carboxylic acids is 1. The van der Waals surface area contributed by atoms with Crippen LogP contribution in [0.15, 0.2) is 66.7 Å². The smallest absolute Gasteiger partial charge is 0.244 e. The third-order valence-electron chi connectivity index (χ3n) is 5.30. The van der Waals surface area contributed by atoms with E-state index < -0.39 is 0 Å². The number of carbonyl (C=O) groups is 1. The molecule has 0 saturated heterocycles. The summed E-state index contributed by atoms with van der Waals surface area (Å²) in [6.07, 6.45) is 5.85. The van der Waals surface area contributed by atoms with E-state index in [2.05, 4.69) is 22.5 Å². The molecule has 4 heteroatoms. The summed E-state index contributed by atoms with van der Waals surface area (Å²) in [5, 5.41) is 7.83. The molecule has 1 fully saturated rings. The molecule has 28 heavy (non-hydrogen) atoms. The lowest BCUT2D eigenvalue weighted by atomic mass is 10.0. The number of hydrogen-bond donors (Lipinski definition) is 1. The van der Waals surface area contributed by atoms with Crippen LogP contribution in [0.4, 0.5) is 0 Å². The third kappa shape index (κ3) is 3.91. The van der Waals surface area contributed by atoms with Crippen LogP contribution in [0.25, 0.3) is 11.8 Å². The first-order chi connectivity index (χ1) is 13.6. The van der Waals surface area contributed by atoms with Crippen molar-refractivity contribution < 1.29 is 4.79 Å². The molecule has 3 aromatic rings. The summed E-state index contributed by atoms with van der Waals surface area (Å²) < 4.78 is 1.92. The predicted octanol–water partition coefficient (Wildman–Crippen LogP) is 4.77. The normalized spacial score (nSPS) is 14.9. The van der Waals surface area contributed by atoms with Gasteiger partial charge in [0.25, 0.3) is 0 Å². The molecule has 1 saturated carbocycles. The number of para-hydroxylation sites is 1. The summed E-state index contributed by atoms with van der Waals surface area (Å²) in [4.78, 5) is 12.6. The Morgan fingerprint density at radius 1 is 1.07 bits per heavy atom. The van der Waals surface area contributed by atoms with Crippen molar-refractivity contribution in [2.45, 2.75) is 32.7 Å². The van der Waals surface area contributed by atoms with E-state index in [-0.39, 0.29) is 11.9 Å². The quantitative estimate of drug-likeness (QED) is 0.635. The lowest BCUT2D eigenvalue weighted by molar-refractivity contribution is -0.117. The first-order valence-electron chi connectivity index (χ1n) is 9.78. The lowest BCUT2D eigenvalue weighted by Gasteiger charge is -2.17. The van der Waals surface area contributed by atoms with Crippen LogP contribution in [-0.4, -0.2) is 15.7 Å². The van der Waals surface area contributed by atoms with Gasteiger partial charge in [0.05, 0.1) is 17.4 Å². The second-order valence-electron chi connectivity index (χ2n) is 7.40. The summed E-state index contributed by atoms with van der Waals surface area (Å²) in [7, 11) is 0. The van der Waals surface area contributed by atoms with E-state index in [1.807, 2.05) is 73.1 Å². The maximum atomic E-state index is 12.6. The zero-order valence-corrected chi connectivity index (χ0v) is 16.3. The van der Waals surface area contributed by atoms with Crippen molar-refractivity contribution in [1.29, 1.82) is 0 Å². The molecule has 2 aromatic carbocycles. The van der Waals surface area contributed by atoms with E-state index in [1.165, 1.54) is 18.4 Å². The Kier molecular flexibility index (Phi) is 5.11. The molecule has 4 nitrogen and oxygen atoms in total. The van der Waals surface area contributed by atoms with Crippen LogP contribution in [0.1, 0.15) is 41.4 Å². The van der Waals surface area contributed by atoms with E-state index in [9.17, 15) is 4.79 Å². The van der Waals surface area contributed by atoms with Crippen molar-refractivity contribution >= 4 is 12.0 Å². The van der Waals surface area contributed by atoms with Gasteiger partial charge in [-0.05, 0) is 56.4 Å². The Morgan fingerprint density at radius 2 is 1.71 bits per heavy atom. The predicted molar refractivity (Wildman–Crippen MR) is 112 cm³/mol. The van der Waals surface area contributed by atoms with Crippen molar-refractivity contribution in [3.05, 3.63) is 89.3 Å². The van der Waals surface area contributed by atoms with Crippen LogP contribution in [-0.2, 0) is 4.79 Å². The molecule has 0 aliphatic heterocycles. The highest BCUT2D eigenvalue weighted by molar-refractivity contribution is 5.92. The number of aryl methyl sites for hydroxylation is 1. The molecule has 1 aliphatic rings. The number of benzene rings is 2. The molecule has 0 spiro atoms. The number of hydrogen-bond acceptors (Lipinski definition) is 2. The monoisotopic (exact) mass is 371 g/mol. The average Bonchev–Trinajstić information content (AvgIpc) is 3.52. The molecule has 0 unspecified atom stereocenters. The van der Waals surface area contributed by atoms with E-state index >= 15 is 0 Å². The highest BCUT2D eigenvalue weighted by atomic mass is 16.1. The van der Waals surface area contributed by atoms with Crippen LogP contribution < -0.4 is 5.32 Å².